The van der Waals surface area contributed by atoms with Crippen LogP contribution in [0.1, 0.15) is 0 Å². The van der Waals surface area contributed by atoms with Crippen LogP contribution in [0.25, 0.3) is 87.7 Å². The van der Waals surface area contributed by atoms with Gasteiger partial charge in [-0.05, 0) is 93.0 Å². The predicted octanol–water partition coefficient (Wildman–Crippen LogP) is 14.6. The van der Waals surface area contributed by atoms with Crippen LogP contribution in [0, 0.1) is 0 Å². The zero-order chi connectivity index (χ0) is 34.9. The van der Waals surface area contributed by atoms with Crippen molar-refractivity contribution in [1.29, 1.82) is 0 Å². The second-order valence-electron chi connectivity index (χ2n) is 13.7. The average molecular weight is 678 g/mol. The fraction of sp³-hybridized carbons (Fsp3) is 0. The molecule has 3 heteroatoms. The first-order chi connectivity index (χ1) is 26.3. The van der Waals surface area contributed by atoms with Crippen LogP contribution in [0.3, 0.4) is 0 Å². The molecule has 2 heterocycles. The van der Waals surface area contributed by atoms with Gasteiger partial charge < -0.3 is 13.7 Å². The highest BCUT2D eigenvalue weighted by Crippen LogP contribution is 2.46. The molecule has 11 aromatic rings. The van der Waals surface area contributed by atoms with Crippen molar-refractivity contribution in [3.63, 3.8) is 0 Å². The monoisotopic (exact) mass is 677 g/mol. The van der Waals surface area contributed by atoms with Crippen LogP contribution >= 0.6 is 0 Å². The summed E-state index contributed by atoms with van der Waals surface area (Å²) in [4.78, 5) is 2.39. The molecule has 0 fully saturated rings. The second-order valence-corrected chi connectivity index (χ2v) is 13.7. The van der Waals surface area contributed by atoms with Gasteiger partial charge in [0.1, 0.15) is 22.3 Å². The standard InChI is InChI=1S/C50H31NO2/c1-3-19-38-32(12-1)14-9-22-39(38)34-15-7-17-36(30-34)51(44-24-11-27-47-49(44)43-29-28-33-13-2-4-20-41(33)50(43)53-47)37-18-8-16-35(31-37)40-23-10-26-46-48(40)42-21-5-6-25-45(42)52-46/h1-31H. The molecule has 53 heavy (non-hydrogen) atoms. The molecule has 9 aromatic carbocycles. The number of hydrogen-bond donors (Lipinski definition) is 0. The van der Waals surface area contributed by atoms with E-state index in [1.54, 1.807) is 0 Å². The zero-order valence-electron chi connectivity index (χ0n) is 28.7. The third-order valence-electron chi connectivity index (χ3n) is 10.6. The molecule has 248 valence electrons. The predicted molar refractivity (Wildman–Crippen MR) is 222 cm³/mol. The summed E-state index contributed by atoms with van der Waals surface area (Å²) in [6.45, 7) is 0. The van der Waals surface area contributed by atoms with Gasteiger partial charge in [0.15, 0.2) is 0 Å². The van der Waals surface area contributed by atoms with Crippen molar-refractivity contribution in [2.75, 3.05) is 4.90 Å². The van der Waals surface area contributed by atoms with Crippen LogP contribution < -0.4 is 4.90 Å². The van der Waals surface area contributed by atoms with Gasteiger partial charge in [-0.1, -0.05) is 133 Å². The number of anilines is 3. The molecule has 0 saturated carbocycles. The quantitative estimate of drug-likeness (QED) is 0.182. The van der Waals surface area contributed by atoms with E-state index < -0.39 is 0 Å². The molecule has 0 aliphatic carbocycles. The molecule has 0 aliphatic rings. The van der Waals surface area contributed by atoms with E-state index in [1.807, 2.05) is 12.1 Å². The summed E-state index contributed by atoms with van der Waals surface area (Å²) in [7, 11) is 0. The molecule has 0 atom stereocenters. The van der Waals surface area contributed by atoms with Gasteiger partial charge in [0, 0.05) is 32.9 Å². The van der Waals surface area contributed by atoms with E-state index in [4.69, 9.17) is 8.83 Å². The van der Waals surface area contributed by atoms with Crippen LogP contribution in [0.15, 0.2) is 197 Å². The van der Waals surface area contributed by atoms with Crippen molar-refractivity contribution in [2.24, 2.45) is 0 Å². The Morgan fingerprint density at radius 2 is 0.906 bits per heavy atom. The summed E-state index contributed by atoms with van der Waals surface area (Å²) in [6, 6.07) is 66.8. The molecule has 0 amide bonds. The minimum atomic E-state index is 0.856. The molecule has 2 aromatic heterocycles. The Morgan fingerprint density at radius 1 is 0.340 bits per heavy atom. The highest BCUT2D eigenvalue weighted by molar-refractivity contribution is 6.20. The number of hydrogen-bond acceptors (Lipinski definition) is 3. The topological polar surface area (TPSA) is 29.5 Å². The molecule has 0 saturated heterocycles. The summed E-state index contributed by atoms with van der Waals surface area (Å²) in [5.41, 5.74) is 11.3. The lowest BCUT2D eigenvalue weighted by molar-refractivity contribution is 0.669. The highest BCUT2D eigenvalue weighted by atomic mass is 16.3. The second kappa shape index (κ2) is 11.7. The molecule has 0 spiro atoms. The summed E-state index contributed by atoms with van der Waals surface area (Å²) in [5.74, 6) is 0. The van der Waals surface area contributed by atoms with Gasteiger partial charge in [-0.25, -0.2) is 0 Å². The van der Waals surface area contributed by atoms with Gasteiger partial charge in [0.25, 0.3) is 0 Å². The van der Waals surface area contributed by atoms with Gasteiger partial charge in [0.2, 0.25) is 0 Å². The molecule has 0 bridgehead atoms. The Hall–Kier alpha value is -7.10. The molecule has 0 unspecified atom stereocenters. The summed E-state index contributed by atoms with van der Waals surface area (Å²) >= 11 is 0. The molecular formula is C50H31NO2. The minimum absolute atomic E-state index is 0.856. The Kier molecular flexibility index (Phi) is 6.55. The molecule has 11 rings (SSSR count). The van der Waals surface area contributed by atoms with E-state index >= 15 is 0 Å². The summed E-state index contributed by atoms with van der Waals surface area (Å²) in [6.07, 6.45) is 0. The summed E-state index contributed by atoms with van der Waals surface area (Å²) < 4.78 is 13.0. The first-order valence-electron chi connectivity index (χ1n) is 18.0. The average Bonchev–Trinajstić information content (AvgIpc) is 3.80. The van der Waals surface area contributed by atoms with Crippen molar-refractivity contribution in [1.82, 2.24) is 0 Å². The molecule has 0 N–H and O–H groups in total. The van der Waals surface area contributed by atoms with Crippen molar-refractivity contribution in [3.8, 4) is 22.3 Å². The highest BCUT2D eigenvalue weighted by Gasteiger charge is 2.22. The number of para-hydroxylation sites is 1. The fourth-order valence-corrected chi connectivity index (χ4v) is 8.27. The van der Waals surface area contributed by atoms with Crippen LogP contribution in [0.4, 0.5) is 17.1 Å². The number of fused-ring (bicyclic) bond motifs is 9. The van der Waals surface area contributed by atoms with E-state index in [-0.39, 0.29) is 0 Å². The van der Waals surface area contributed by atoms with Crippen molar-refractivity contribution < 1.29 is 8.83 Å². The fourth-order valence-electron chi connectivity index (χ4n) is 8.27. The first-order valence-corrected chi connectivity index (χ1v) is 18.0. The van der Waals surface area contributed by atoms with Crippen molar-refractivity contribution in [3.05, 3.63) is 188 Å². The smallest absolute Gasteiger partial charge is 0.143 e. The molecule has 0 radical (unpaired) electrons. The van der Waals surface area contributed by atoms with Crippen LogP contribution in [0.5, 0.6) is 0 Å². The van der Waals surface area contributed by atoms with Gasteiger partial charge in [-0.15, -0.1) is 0 Å². The molecule has 0 aliphatic heterocycles. The minimum Gasteiger partial charge on any atom is -0.456 e. The maximum Gasteiger partial charge on any atom is 0.143 e. The Bertz CT molecular complexity index is 3200. The van der Waals surface area contributed by atoms with Crippen molar-refractivity contribution >= 4 is 82.5 Å². The van der Waals surface area contributed by atoms with Crippen LogP contribution in [-0.4, -0.2) is 0 Å². The first kappa shape index (κ1) is 29.6. The lowest BCUT2D eigenvalue weighted by Crippen LogP contribution is -2.10. The van der Waals surface area contributed by atoms with E-state index in [9.17, 15) is 0 Å². The molecular weight excluding hydrogens is 647 g/mol. The number of benzene rings is 9. The van der Waals surface area contributed by atoms with E-state index in [0.29, 0.717) is 0 Å². The van der Waals surface area contributed by atoms with Gasteiger partial charge in [-0.2, -0.15) is 0 Å². The van der Waals surface area contributed by atoms with E-state index in [2.05, 4.69) is 181 Å². The Balaban J connectivity index is 1.17. The van der Waals surface area contributed by atoms with Gasteiger partial charge in [0.05, 0.1) is 11.1 Å². The zero-order valence-corrected chi connectivity index (χ0v) is 28.7. The van der Waals surface area contributed by atoms with Crippen molar-refractivity contribution in [2.45, 2.75) is 0 Å². The third kappa shape index (κ3) is 4.68. The number of rotatable bonds is 5. The molecule has 3 nitrogen and oxygen atoms in total. The Labute approximate surface area is 305 Å². The van der Waals surface area contributed by atoms with Gasteiger partial charge >= 0.3 is 0 Å². The third-order valence-corrected chi connectivity index (χ3v) is 10.6. The normalized spacial score (nSPS) is 11.8. The maximum absolute atomic E-state index is 6.71. The SMILES string of the molecule is c1cc(-c2cccc3ccccc23)cc(N(c2cccc(-c3cccc4oc5ccccc5c34)c2)c2cccc3oc4c5ccccc5ccc4c23)c1. The largest absolute Gasteiger partial charge is 0.456 e. The van der Waals surface area contributed by atoms with E-state index in [0.717, 1.165) is 88.4 Å². The lowest BCUT2D eigenvalue weighted by atomic mass is 9.97. The number of nitrogens with zero attached hydrogens (tertiary/aromatic N) is 1. The maximum atomic E-state index is 6.71. The van der Waals surface area contributed by atoms with Gasteiger partial charge in [-0.3, -0.25) is 0 Å². The van der Waals surface area contributed by atoms with Crippen LogP contribution in [-0.2, 0) is 0 Å². The van der Waals surface area contributed by atoms with Crippen LogP contribution in [0.2, 0.25) is 0 Å². The summed E-state index contributed by atoms with van der Waals surface area (Å²) in [5, 5.41) is 9.14. The lowest BCUT2D eigenvalue weighted by Gasteiger charge is -2.27. The Morgan fingerprint density at radius 3 is 1.72 bits per heavy atom. The number of furan rings is 2. The van der Waals surface area contributed by atoms with E-state index in [1.165, 1.54) is 16.3 Å².